The van der Waals surface area contributed by atoms with Gasteiger partial charge in [-0.3, -0.25) is 9.47 Å². The van der Waals surface area contributed by atoms with E-state index < -0.39 is 17.8 Å². The van der Waals surface area contributed by atoms with Crippen molar-refractivity contribution in [1.82, 2.24) is 29.6 Å². The van der Waals surface area contributed by atoms with Crippen LogP contribution in [0.4, 0.5) is 19.1 Å². The SMILES string of the molecule is Cc1nc(N2CCC(c3nnc4n3-c3ccc(Cl)cc3CN(C3CC3(F)F)C4)CC2)ncc1F. The molecule has 178 valence electrons. The number of anilines is 1. The van der Waals surface area contributed by atoms with Gasteiger partial charge in [-0.2, -0.15) is 0 Å². The van der Waals surface area contributed by atoms with E-state index in [4.69, 9.17) is 11.6 Å². The van der Waals surface area contributed by atoms with Gasteiger partial charge in [-0.15, -0.1) is 10.2 Å². The summed E-state index contributed by atoms with van der Waals surface area (Å²) in [7, 11) is 0. The molecule has 2 aliphatic heterocycles. The molecule has 1 atom stereocenters. The zero-order valence-corrected chi connectivity index (χ0v) is 19.3. The lowest BCUT2D eigenvalue weighted by Gasteiger charge is -2.31. The summed E-state index contributed by atoms with van der Waals surface area (Å²) in [6.45, 7) is 3.72. The summed E-state index contributed by atoms with van der Waals surface area (Å²) >= 11 is 6.27. The van der Waals surface area contributed by atoms with Gasteiger partial charge in [-0.1, -0.05) is 11.6 Å². The number of nitrogens with zero attached hydrogens (tertiary/aromatic N) is 7. The molecule has 0 amide bonds. The molecule has 3 aliphatic rings. The Labute approximate surface area is 199 Å². The second-order valence-corrected chi connectivity index (χ2v) is 9.77. The standard InChI is InChI=1S/C23H23ClF3N7/c1-13-17(25)10-28-22(29-13)32-6-4-14(5-7-32)21-31-30-20-12-33(19-9-23(19,26)27)11-15-8-16(24)2-3-18(15)34(20)21/h2-3,8,10,14,19H,4-7,9,11-12H2,1H3. The summed E-state index contributed by atoms with van der Waals surface area (Å²) in [5.41, 5.74) is 2.12. The van der Waals surface area contributed by atoms with E-state index >= 15 is 0 Å². The van der Waals surface area contributed by atoms with E-state index in [9.17, 15) is 13.2 Å². The lowest BCUT2D eigenvalue weighted by atomic mass is 9.95. The van der Waals surface area contributed by atoms with Crippen molar-refractivity contribution < 1.29 is 13.2 Å². The normalized spacial score (nSPS) is 22.3. The third kappa shape index (κ3) is 3.73. The van der Waals surface area contributed by atoms with Gasteiger partial charge in [0.15, 0.2) is 11.6 Å². The number of hydrogen-bond acceptors (Lipinski definition) is 6. The quantitative estimate of drug-likeness (QED) is 0.547. The van der Waals surface area contributed by atoms with Crippen molar-refractivity contribution in [3.63, 3.8) is 0 Å². The fourth-order valence-electron chi connectivity index (χ4n) is 5.06. The number of halogens is 4. The minimum absolute atomic E-state index is 0.132. The molecule has 0 N–H and O–H groups in total. The third-order valence-corrected chi connectivity index (χ3v) is 7.27. The topological polar surface area (TPSA) is 63.0 Å². The van der Waals surface area contributed by atoms with E-state index in [2.05, 4.69) is 20.2 Å². The first-order valence-corrected chi connectivity index (χ1v) is 11.8. The minimum Gasteiger partial charge on any atom is -0.341 e. The van der Waals surface area contributed by atoms with Crippen LogP contribution in [0.2, 0.25) is 5.02 Å². The molecule has 6 rings (SSSR count). The maximum Gasteiger partial charge on any atom is 0.265 e. The van der Waals surface area contributed by atoms with Crippen LogP contribution >= 0.6 is 11.6 Å². The van der Waals surface area contributed by atoms with E-state index in [0.717, 1.165) is 29.9 Å². The molecule has 1 saturated carbocycles. The molecule has 1 aromatic carbocycles. The van der Waals surface area contributed by atoms with Crippen molar-refractivity contribution in [2.45, 2.75) is 57.2 Å². The Bertz CT molecular complexity index is 1260. The molecular weight excluding hydrogens is 467 g/mol. The summed E-state index contributed by atoms with van der Waals surface area (Å²) in [4.78, 5) is 12.2. The molecule has 2 fully saturated rings. The molecule has 1 saturated heterocycles. The van der Waals surface area contributed by atoms with Crippen LogP contribution in [0.1, 0.15) is 48.1 Å². The van der Waals surface area contributed by atoms with E-state index in [0.29, 0.717) is 48.7 Å². The van der Waals surface area contributed by atoms with Crippen molar-refractivity contribution in [2.75, 3.05) is 18.0 Å². The first-order valence-electron chi connectivity index (χ1n) is 11.4. The molecular formula is C23H23ClF3N7. The molecule has 1 aliphatic carbocycles. The summed E-state index contributed by atoms with van der Waals surface area (Å²) in [5, 5.41) is 9.53. The maximum absolute atomic E-state index is 13.9. The average molecular weight is 490 g/mol. The zero-order chi connectivity index (χ0) is 23.6. The Balaban J connectivity index is 1.29. The van der Waals surface area contributed by atoms with Gasteiger partial charge in [0.25, 0.3) is 5.92 Å². The summed E-state index contributed by atoms with van der Waals surface area (Å²) in [6, 6.07) is 4.80. The number of aromatic nitrogens is 5. The van der Waals surface area contributed by atoms with E-state index in [1.807, 2.05) is 27.7 Å². The molecule has 11 heteroatoms. The molecule has 1 unspecified atom stereocenters. The van der Waals surface area contributed by atoms with Gasteiger partial charge in [0.2, 0.25) is 5.95 Å². The van der Waals surface area contributed by atoms with Gasteiger partial charge in [0, 0.05) is 37.0 Å². The van der Waals surface area contributed by atoms with Crippen LogP contribution in [0.25, 0.3) is 5.69 Å². The van der Waals surface area contributed by atoms with Crippen molar-refractivity contribution >= 4 is 17.5 Å². The van der Waals surface area contributed by atoms with Gasteiger partial charge in [-0.25, -0.2) is 23.1 Å². The molecule has 34 heavy (non-hydrogen) atoms. The Hall–Kier alpha value is -2.72. The predicted octanol–water partition coefficient (Wildman–Crippen LogP) is 4.27. The lowest BCUT2D eigenvalue weighted by Crippen LogP contribution is -2.35. The number of benzene rings is 1. The maximum atomic E-state index is 13.9. The Morgan fingerprint density at radius 2 is 1.88 bits per heavy atom. The highest BCUT2D eigenvalue weighted by Gasteiger charge is 2.60. The van der Waals surface area contributed by atoms with Crippen LogP contribution in [0.3, 0.4) is 0 Å². The molecule has 2 aromatic heterocycles. The number of fused-ring (bicyclic) bond motifs is 3. The second kappa shape index (κ2) is 7.91. The first kappa shape index (κ1) is 21.8. The minimum atomic E-state index is -2.66. The Kier molecular flexibility index (Phi) is 5.07. The van der Waals surface area contributed by atoms with Gasteiger partial charge in [-0.05, 0) is 43.5 Å². The molecule has 3 aromatic rings. The molecule has 0 radical (unpaired) electrons. The van der Waals surface area contributed by atoms with Crippen LogP contribution in [0.15, 0.2) is 24.4 Å². The largest absolute Gasteiger partial charge is 0.341 e. The second-order valence-electron chi connectivity index (χ2n) is 9.33. The Morgan fingerprint density at radius 3 is 2.59 bits per heavy atom. The fraction of sp³-hybridized carbons (Fsp3) is 0.478. The van der Waals surface area contributed by atoms with Crippen molar-refractivity contribution in [1.29, 1.82) is 0 Å². The van der Waals surface area contributed by atoms with Gasteiger partial charge < -0.3 is 4.90 Å². The van der Waals surface area contributed by atoms with Gasteiger partial charge in [0.1, 0.15) is 5.82 Å². The fourth-order valence-corrected chi connectivity index (χ4v) is 5.26. The van der Waals surface area contributed by atoms with Crippen molar-refractivity contribution in [2.24, 2.45) is 0 Å². The van der Waals surface area contributed by atoms with Crippen molar-refractivity contribution in [3.05, 3.63) is 58.1 Å². The van der Waals surface area contributed by atoms with Gasteiger partial charge in [0.05, 0.1) is 30.2 Å². The third-order valence-electron chi connectivity index (χ3n) is 7.04. The van der Waals surface area contributed by atoms with Crippen LogP contribution in [0, 0.1) is 12.7 Å². The first-order chi connectivity index (χ1) is 16.3. The van der Waals surface area contributed by atoms with Crippen molar-refractivity contribution in [3.8, 4) is 5.69 Å². The summed E-state index contributed by atoms with van der Waals surface area (Å²) < 4.78 is 43.4. The highest BCUT2D eigenvalue weighted by molar-refractivity contribution is 6.30. The van der Waals surface area contributed by atoms with Crippen LogP contribution in [0.5, 0.6) is 0 Å². The predicted molar refractivity (Wildman–Crippen MR) is 120 cm³/mol. The average Bonchev–Trinajstić information content (AvgIpc) is 3.32. The summed E-state index contributed by atoms with van der Waals surface area (Å²) in [6.07, 6.45) is 2.67. The lowest BCUT2D eigenvalue weighted by molar-refractivity contribution is 0.0663. The van der Waals surface area contributed by atoms with Gasteiger partial charge >= 0.3 is 0 Å². The highest BCUT2D eigenvalue weighted by atomic mass is 35.5. The van der Waals surface area contributed by atoms with E-state index in [-0.39, 0.29) is 12.3 Å². The molecule has 4 heterocycles. The number of hydrogen-bond donors (Lipinski definition) is 0. The number of aryl methyl sites for hydroxylation is 1. The van der Waals surface area contributed by atoms with Crippen LogP contribution in [-0.2, 0) is 13.1 Å². The number of piperidine rings is 1. The highest BCUT2D eigenvalue weighted by Crippen LogP contribution is 2.47. The smallest absolute Gasteiger partial charge is 0.265 e. The van der Waals surface area contributed by atoms with E-state index in [1.165, 1.54) is 6.20 Å². The molecule has 0 spiro atoms. The number of rotatable bonds is 3. The van der Waals surface area contributed by atoms with E-state index in [1.54, 1.807) is 11.8 Å². The molecule has 7 nitrogen and oxygen atoms in total. The van der Waals surface area contributed by atoms with Crippen LogP contribution in [-0.4, -0.2) is 54.7 Å². The monoisotopic (exact) mass is 489 g/mol. The number of alkyl halides is 2. The summed E-state index contributed by atoms with van der Waals surface area (Å²) in [5.74, 6) is -0.918. The van der Waals surface area contributed by atoms with Crippen LogP contribution < -0.4 is 4.90 Å². The Morgan fingerprint density at radius 1 is 1.12 bits per heavy atom. The molecule has 0 bridgehead atoms. The zero-order valence-electron chi connectivity index (χ0n) is 18.6.